The molecular weight excluding hydrogens is 362 g/mol. The van der Waals surface area contributed by atoms with E-state index >= 15 is 0 Å². The van der Waals surface area contributed by atoms with E-state index in [1.807, 2.05) is 6.92 Å². The molecule has 138 valence electrons. The molecule has 1 aliphatic rings. The number of hydrogen-bond acceptors (Lipinski definition) is 5. The van der Waals surface area contributed by atoms with Crippen LogP contribution in [0.25, 0.3) is 0 Å². The van der Waals surface area contributed by atoms with Crippen LogP contribution in [0.3, 0.4) is 0 Å². The number of hydrogen-bond donors (Lipinski definition) is 2. The highest BCUT2D eigenvalue weighted by Crippen LogP contribution is 2.29. The number of morpholine rings is 1. The number of nitrogens with zero attached hydrogens (tertiary/aromatic N) is 1. The molecule has 0 aromatic heterocycles. The van der Waals surface area contributed by atoms with E-state index in [4.69, 9.17) is 21.7 Å². The van der Waals surface area contributed by atoms with Crippen molar-refractivity contribution in [1.82, 2.24) is 9.62 Å². The summed E-state index contributed by atoms with van der Waals surface area (Å²) in [4.78, 5) is 0.187. The Hall–Kier alpha value is -1.68. The number of benzene rings is 1. The lowest BCUT2D eigenvalue weighted by Gasteiger charge is -2.26. The number of thiocarbonyl (C=S) groups is 1. The Bertz CT molecular complexity index is 716. The Kier molecular flexibility index (Phi) is 7.18. The predicted octanol–water partition coefficient (Wildman–Crippen LogP) is 1.58. The smallest absolute Gasteiger partial charge is 0.243 e. The molecule has 1 saturated heterocycles. The number of rotatable bonds is 7. The number of anilines is 1. The lowest BCUT2D eigenvalue weighted by atomic mass is 10.3. The van der Waals surface area contributed by atoms with E-state index in [1.165, 1.54) is 10.4 Å². The van der Waals surface area contributed by atoms with Crippen LogP contribution in [0.1, 0.15) is 6.92 Å². The molecule has 9 heteroatoms. The zero-order valence-electron chi connectivity index (χ0n) is 14.2. The van der Waals surface area contributed by atoms with Crippen LogP contribution in [-0.4, -0.2) is 57.3 Å². The molecule has 2 rings (SSSR count). The number of sulfonamides is 1. The first kappa shape index (κ1) is 19.6. The van der Waals surface area contributed by atoms with Gasteiger partial charge >= 0.3 is 0 Å². The fraction of sp³-hybridized carbons (Fsp3) is 0.438. The molecule has 0 aliphatic carbocycles. The van der Waals surface area contributed by atoms with E-state index in [9.17, 15) is 8.42 Å². The second-order valence-electron chi connectivity index (χ2n) is 5.23. The Balaban J connectivity index is 2.28. The van der Waals surface area contributed by atoms with E-state index in [-0.39, 0.29) is 4.90 Å². The fourth-order valence-corrected chi connectivity index (χ4v) is 3.94. The summed E-state index contributed by atoms with van der Waals surface area (Å²) in [6, 6.07) is 4.72. The third-order valence-electron chi connectivity index (χ3n) is 3.51. The van der Waals surface area contributed by atoms with E-state index < -0.39 is 10.0 Å². The van der Waals surface area contributed by atoms with Gasteiger partial charge in [-0.05, 0) is 37.3 Å². The van der Waals surface area contributed by atoms with Crippen LogP contribution in [0.2, 0.25) is 0 Å². The second kappa shape index (κ2) is 9.14. The van der Waals surface area contributed by atoms with Crippen molar-refractivity contribution in [2.24, 2.45) is 0 Å². The molecule has 1 aliphatic heterocycles. The Labute approximate surface area is 154 Å². The highest BCUT2D eigenvalue weighted by Gasteiger charge is 2.27. The van der Waals surface area contributed by atoms with E-state index in [2.05, 4.69) is 17.2 Å². The van der Waals surface area contributed by atoms with Crippen molar-refractivity contribution < 1.29 is 17.9 Å². The topological polar surface area (TPSA) is 79.9 Å². The van der Waals surface area contributed by atoms with Crippen LogP contribution in [0.4, 0.5) is 5.69 Å². The fourth-order valence-electron chi connectivity index (χ4n) is 2.32. The zero-order valence-corrected chi connectivity index (χ0v) is 15.8. The number of ether oxygens (including phenoxy) is 2. The molecule has 0 unspecified atom stereocenters. The summed E-state index contributed by atoms with van der Waals surface area (Å²) in [5.41, 5.74) is 0.498. The molecule has 0 saturated carbocycles. The van der Waals surface area contributed by atoms with Gasteiger partial charge in [0.2, 0.25) is 10.0 Å². The van der Waals surface area contributed by atoms with Crippen molar-refractivity contribution in [3.63, 3.8) is 0 Å². The molecule has 25 heavy (non-hydrogen) atoms. The molecule has 1 fully saturated rings. The number of nitrogens with one attached hydrogen (secondary N) is 2. The van der Waals surface area contributed by atoms with Gasteiger partial charge in [-0.1, -0.05) is 6.08 Å². The third-order valence-corrected chi connectivity index (χ3v) is 5.65. The van der Waals surface area contributed by atoms with Crippen molar-refractivity contribution in [3.05, 3.63) is 30.9 Å². The van der Waals surface area contributed by atoms with Gasteiger partial charge in [0.25, 0.3) is 0 Å². The average Bonchev–Trinajstić information content (AvgIpc) is 2.62. The van der Waals surface area contributed by atoms with Crippen LogP contribution >= 0.6 is 12.2 Å². The first-order valence-corrected chi connectivity index (χ1v) is 9.84. The lowest BCUT2D eigenvalue weighted by molar-refractivity contribution is 0.0730. The minimum atomic E-state index is -3.59. The molecule has 0 atom stereocenters. The zero-order chi connectivity index (χ0) is 18.3. The first-order chi connectivity index (χ1) is 12.0. The normalized spacial score (nSPS) is 15.4. The van der Waals surface area contributed by atoms with Crippen molar-refractivity contribution in [2.75, 3.05) is 44.8 Å². The molecule has 0 spiro atoms. The third kappa shape index (κ3) is 5.15. The maximum absolute atomic E-state index is 12.8. The SMILES string of the molecule is C=CCNC(=S)Nc1cc(S(=O)(=O)N2CCOCC2)ccc1OCC. The Morgan fingerprint density at radius 1 is 1.44 bits per heavy atom. The molecule has 0 radical (unpaired) electrons. The van der Waals surface area contributed by atoms with Gasteiger partial charge in [0, 0.05) is 19.6 Å². The molecule has 1 heterocycles. The minimum absolute atomic E-state index is 0.187. The highest BCUT2D eigenvalue weighted by atomic mass is 32.2. The average molecular weight is 386 g/mol. The van der Waals surface area contributed by atoms with Crippen LogP contribution in [-0.2, 0) is 14.8 Å². The van der Waals surface area contributed by atoms with Gasteiger partial charge in [-0.3, -0.25) is 0 Å². The van der Waals surface area contributed by atoms with Crippen molar-refractivity contribution in [3.8, 4) is 5.75 Å². The van der Waals surface area contributed by atoms with Gasteiger partial charge in [0.1, 0.15) is 5.75 Å². The summed E-state index contributed by atoms with van der Waals surface area (Å²) in [7, 11) is -3.59. The van der Waals surface area contributed by atoms with Crippen LogP contribution in [0, 0.1) is 0 Å². The Morgan fingerprint density at radius 3 is 2.80 bits per heavy atom. The molecule has 1 aromatic rings. The second-order valence-corrected chi connectivity index (χ2v) is 7.58. The standard InChI is InChI=1S/C16H23N3O4S2/c1-3-7-17-16(24)18-14-12-13(5-6-15(14)23-4-2)25(20,21)19-8-10-22-11-9-19/h3,5-6,12H,1,4,7-11H2,2H3,(H2,17,18,24). The summed E-state index contributed by atoms with van der Waals surface area (Å²) < 4.78 is 37.8. The summed E-state index contributed by atoms with van der Waals surface area (Å²) >= 11 is 5.21. The van der Waals surface area contributed by atoms with E-state index in [0.29, 0.717) is 56.0 Å². The molecule has 2 N–H and O–H groups in total. The van der Waals surface area contributed by atoms with Crippen molar-refractivity contribution >= 4 is 33.0 Å². The Morgan fingerprint density at radius 2 is 2.16 bits per heavy atom. The highest BCUT2D eigenvalue weighted by molar-refractivity contribution is 7.89. The van der Waals surface area contributed by atoms with Gasteiger partial charge in [0.05, 0.1) is 30.4 Å². The van der Waals surface area contributed by atoms with Crippen molar-refractivity contribution in [2.45, 2.75) is 11.8 Å². The van der Waals surface area contributed by atoms with Gasteiger partial charge in [0.15, 0.2) is 5.11 Å². The van der Waals surface area contributed by atoms with Crippen LogP contribution < -0.4 is 15.4 Å². The van der Waals surface area contributed by atoms with Gasteiger partial charge in [-0.2, -0.15) is 4.31 Å². The van der Waals surface area contributed by atoms with Gasteiger partial charge in [-0.15, -0.1) is 6.58 Å². The largest absolute Gasteiger partial charge is 0.492 e. The minimum Gasteiger partial charge on any atom is -0.492 e. The van der Waals surface area contributed by atoms with E-state index in [0.717, 1.165) is 0 Å². The molecule has 0 bridgehead atoms. The molecular formula is C16H23N3O4S2. The molecule has 0 amide bonds. The van der Waals surface area contributed by atoms with Crippen LogP contribution in [0.15, 0.2) is 35.7 Å². The quantitative estimate of drug-likeness (QED) is 0.545. The summed E-state index contributed by atoms with van der Waals surface area (Å²) in [6.45, 7) is 7.92. The monoisotopic (exact) mass is 385 g/mol. The summed E-state index contributed by atoms with van der Waals surface area (Å²) in [5.74, 6) is 0.534. The van der Waals surface area contributed by atoms with E-state index in [1.54, 1.807) is 18.2 Å². The maximum atomic E-state index is 12.8. The van der Waals surface area contributed by atoms with Gasteiger partial charge < -0.3 is 20.1 Å². The van der Waals surface area contributed by atoms with Crippen molar-refractivity contribution in [1.29, 1.82) is 0 Å². The summed E-state index contributed by atoms with van der Waals surface area (Å²) in [5, 5.41) is 6.29. The van der Waals surface area contributed by atoms with Crippen LogP contribution in [0.5, 0.6) is 5.75 Å². The molecule has 1 aromatic carbocycles. The summed E-state index contributed by atoms with van der Waals surface area (Å²) in [6.07, 6.45) is 1.68. The first-order valence-electron chi connectivity index (χ1n) is 7.99. The molecule has 7 nitrogen and oxygen atoms in total. The lowest BCUT2D eigenvalue weighted by Crippen LogP contribution is -2.40. The van der Waals surface area contributed by atoms with Gasteiger partial charge in [-0.25, -0.2) is 8.42 Å². The predicted molar refractivity (Wildman–Crippen MR) is 102 cm³/mol. The maximum Gasteiger partial charge on any atom is 0.243 e.